The fraction of sp³-hybridized carbons (Fsp3) is 1.00. The van der Waals surface area contributed by atoms with Crippen LogP contribution in [0.15, 0.2) is 0 Å². The Kier molecular flexibility index (Phi) is 121. The second kappa shape index (κ2) is 65.9. The van der Waals surface area contributed by atoms with Crippen molar-refractivity contribution in [1.82, 2.24) is 0 Å². The number of hydrogen-bond acceptors (Lipinski definition) is 1. The first kappa shape index (κ1) is 43.9. The highest BCUT2D eigenvalue weighted by Gasteiger charge is 1.95. The molecule has 0 unspecified atom stereocenters. The summed E-state index contributed by atoms with van der Waals surface area (Å²) in [5, 5.41) is 8.07. The second-order valence-corrected chi connectivity index (χ2v) is 6.08. The highest BCUT2D eigenvalue weighted by atomic mass is 16.2. The minimum absolute atomic E-state index is 0.344. The van der Waals surface area contributed by atoms with E-state index in [1.807, 2.05) is 41.5 Å². The average Bonchev–Trinajstić information content (AvgIpc) is 2.60. The van der Waals surface area contributed by atoms with E-state index < -0.39 is 0 Å². The third-order valence-electron chi connectivity index (χ3n) is 1.51. The van der Waals surface area contributed by atoms with Gasteiger partial charge in [-0.2, -0.15) is 0 Å². The van der Waals surface area contributed by atoms with E-state index in [0.29, 0.717) is 12.0 Å². The van der Waals surface area contributed by atoms with Crippen LogP contribution in [0.1, 0.15) is 142 Å². The van der Waals surface area contributed by atoms with Crippen molar-refractivity contribution in [3.63, 3.8) is 0 Å². The molecule has 158 valence electrons. The van der Waals surface area contributed by atoms with Crippen molar-refractivity contribution < 1.29 is 5.11 Å². The van der Waals surface area contributed by atoms with Crippen LogP contribution in [0, 0.1) is 5.41 Å². The predicted octanol–water partition coefficient (Wildman–Crippen LogP) is 9.52. The molecule has 0 aliphatic carbocycles. The molecule has 1 heteroatoms. The molecule has 0 radical (unpaired) electrons. The molecule has 0 saturated carbocycles. The first-order valence-corrected chi connectivity index (χ1v) is 10.9. The Morgan fingerprint density at radius 2 is 0.667 bits per heavy atom. The Bertz CT molecular complexity index is 76.7. The lowest BCUT2D eigenvalue weighted by atomic mass is 10.0. The second-order valence-electron chi connectivity index (χ2n) is 6.08. The summed E-state index contributed by atoms with van der Waals surface area (Å²) in [4.78, 5) is 0. The van der Waals surface area contributed by atoms with E-state index in [-0.39, 0.29) is 0 Å². The molecule has 1 N–H and O–H groups in total. The summed E-state index contributed by atoms with van der Waals surface area (Å²) >= 11 is 0. The van der Waals surface area contributed by atoms with E-state index in [1.165, 1.54) is 25.7 Å². The van der Waals surface area contributed by atoms with Gasteiger partial charge in [0.25, 0.3) is 0 Å². The smallest absolute Gasteiger partial charge is 0.0430 e. The van der Waals surface area contributed by atoms with Crippen molar-refractivity contribution in [2.45, 2.75) is 142 Å². The fourth-order valence-corrected chi connectivity index (χ4v) is 0.158. The van der Waals surface area contributed by atoms with Gasteiger partial charge in [0.2, 0.25) is 0 Å². The van der Waals surface area contributed by atoms with Gasteiger partial charge in [-0.15, -0.1) is 0 Å². The molecule has 0 rings (SSSR count). The Morgan fingerprint density at radius 1 is 0.500 bits per heavy atom. The summed E-state index contributed by atoms with van der Waals surface area (Å²) in [6.07, 6.45) is 7.32. The molecular weight excluding hydrogens is 292 g/mol. The minimum atomic E-state index is 0.344. The SMILES string of the molecule is CC.CC.CC.CC(C)(C)C.CCCC.CCCC.CCCCO. The van der Waals surface area contributed by atoms with Gasteiger partial charge in [-0.3, -0.25) is 0 Å². The van der Waals surface area contributed by atoms with Crippen LogP contribution in [0.5, 0.6) is 0 Å². The van der Waals surface area contributed by atoms with Crippen molar-refractivity contribution in [3.05, 3.63) is 0 Å². The van der Waals surface area contributed by atoms with E-state index in [4.69, 9.17) is 5.11 Å². The lowest BCUT2D eigenvalue weighted by molar-refractivity contribution is 0.287. The van der Waals surface area contributed by atoms with Crippen LogP contribution >= 0.6 is 0 Å². The van der Waals surface area contributed by atoms with E-state index in [9.17, 15) is 0 Å². The minimum Gasteiger partial charge on any atom is -0.396 e. The molecule has 0 amide bonds. The van der Waals surface area contributed by atoms with Crippen LogP contribution in [-0.2, 0) is 0 Å². The molecule has 0 aliphatic heterocycles. The predicted molar refractivity (Wildman–Crippen MR) is 122 cm³/mol. The van der Waals surface area contributed by atoms with Crippen molar-refractivity contribution in [2.24, 2.45) is 5.41 Å². The summed E-state index contributed by atoms with van der Waals surface area (Å²) < 4.78 is 0. The molecule has 0 aromatic rings. The van der Waals surface area contributed by atoms with Crippen LogP contribution in [0.4, 0.5) is 0 Å². The topological polar surface area (TPSA) is 20.2 Å². The summed E-state index contributed by atoms with van der Waals surface area (Å²) in [6, 6.07) is 0. The maximum atomic E-state index is 8.07. The Labute approximate surface area is 160 Å². The number of aliphatic hydroxyl groups is 1. The molecule has 0 atom stereocenters. The summed E-state index contributed by atoms with van der Waals surface area (Å²) in [5.41, 5.74) is 0.500. The van der Waals surface area contributed by atoms with Gasteiger partial charge in [0.1, 0.15) is 0 Å². The zero-order valence-electron chi connectivity index (χ0n) is 20.9. The van der Waals surface area contributed by atoms with Gasteiger partial charge in [0, 0.05) is 6.61 Å². The largest absolute Gasteiger partial charge is 0.396 e. The van der Waals surface area contributed by atoms with Gasteiger partial charge in [0.15, 0.2) is 0 Å². The zero-order valence-corrected chi connectivity index (χ0v) is 20.9. The van der Waals surface area contributed by atoms with Gasteiger partial charge in [-0.25, -0.2) is 0 Å². The Morgan fingerprint density at radius 3 is 0.667 bits per heavy atom. The van der Waals surface area contributed by atoms with Crippen LogP contribution in [0.2, 0.25) is 0 Å². The maximum absolute atomic E-state index is 8.07. The molecule has 0 saturated heterocycles. The van der Waals surface area contributed by atoms with Crippen molar-refractivity contribution in [1.29, 1.82) is 0 Å². The number of rotatable bonds is 4. The first-order valence-electron chi connectivity index (χ1n) is 10.9. The molecule has 0 aromatic carbocycles. The monoisotopic (exact) mass is 352 g/mol. The summed E-state index contributed by atoms with van der Waals surface area (Å²) in [6.45, 7) is 31.9. The maximum Gasteiger partial charge on any atom is 0.0430 e. The van der Waals surface area contributed by atoms with Crippen LogP contribution in [-0.4, -0.2) is 11.7 Å². The number of hydrogen-bond donors (Lipinski definition) is 1. The number of aliphatic hydroxyl groups excluding tert-OH is 1. The van der Waals surface area contributed by atoms with Gasteiger partial charge in [-0.05, 0) is 11.8 Å². The molecule has 1 nitrogen and oxygen atoms in total. The fourth-order valence-electron chi connectivity index (χ4n) is 0.158. The third kappa shape index (κ3) is 615. The van der Waals surface area contributed by atoms with Gasteiger partial charge in [-0.1, -0.05) is 136 Å². The van der Waals surface area contributed by atoms with Crippen molar-refractivity contribution in [3.8, 4) is 0 Å². The lowest BCUT2D eigenvalue weighted by Crippen LogP contribution is -1.93. The molecule has 0 aromatic heterocycles. The quantitative estimate of drug-likeness (QED) is 0.534. The van der Waals surface area contributed by atoms with Gasteiger partial charge in [0.05, 0.1) is 0 Å². The molecule has 0 aliphatic rings. The van der Waals surface area contributed by atoms with Crippen molar-refractivity contribution in [2.75, 3.05) is 6.61 Å². The molecule has 0 fully saturated rings. The normalized spacial score (nSPS) is 7.50. The lowest BCUT2D eigenvalue weighted by Gasteiger charge is -2.05. The van der Waals surface area contributed by atoms with E-state index in [1.54, 1.807) is 0 Å². The van der Waals surface area contributed by atoms with Crippen molar-refractivity contribution >= 4 is 0 Å². The molecule has 0 heterocycles. The van der Waals surface area contributed by atoms with Gasteiger partial charge < -0.3 is 5.11 Å². The Balaban J connectivity index is -0.0000000292. The van der Waals surface area contributed by atoms with E-state index in [0.717, 1.165) is 12.8 Å². The Hall–Kier alpha value is -0.0400. The molecule has 0 spiro atoms. The third-order valence-corrected chi connectivity index (χ3v) is 1.51. The standard InChI is InChI=1S/C5H12.C4H10O.2C4H10.3C2H6/c1-5(2,3)4;1-2-3-4-5;2*1-3-4-2;3*1-2/h1-4H3;5H,2-4H2,1H3;2*3-4H2,1-2H3;3*1-2H3. The average molecular weight is 353 g/mol. The van der Waals surface area contributed by atoms with E-state index in [2.05, 4.69) is 62.3 Å². The van der Waals surface area contributed by atoms with E-state index >= 15 is 0 Å². The molecule has 24 heavy (non-hydrogen) atoms. The van der Waals surface area contributed by atoms with Crippen LogP contribution < -0.4 is 0 Å². The van der Waals surface area contributed by atoms with Crippen LogP contribution in [0.25, 0.3) is 0 Å². The number of unbranched alkanes of at least 4 members (excludes halogenated alkanes) is 3. The highest BCUT2D eigenvalue weighted by Crippen LogP contribution is 2.08. The first-order chi connectivity index (χ1) is 11.2. The highest BCUT2D eigenvalue weighted by molar-refractivity contribution is 4.47. The zero-order chi connectivity index (χ0) is 21.4. The summed E-state index contributed by atoms with van der Waals surface area (Å²) in [7, 11) is 0. The molecule has 0 bridgehead atoms. The molecular formula is C23H60O. The van der Waals surface area contributed by atoms with Gasteiger partial charge >= 0.3 is 0 Å². The summed E-state index contributed by atoms with van der Waals surface area (Å²) in [5.74, 6) is 0. The van der Waals surface area contributed by atoms with Crippen LogP contribution in [0.3, 0.4) is 0 Å².